The maximum Gasteiger partial charge on any atom is 0.251 e. The highest BCUT2D eigenvalue weighted by Crippen LogP contribution is 2.29. The van der Waals surface area contributed by atoms with Gasteiger partial charge in [0.15, 0.2) is 0 Å². The summed E-state index contributed by atoms with van der Waals surface area (Å²) in [6, 6.07) is 14.9. The minimum absolute atomic E-state index is 0.0619. The summed E-state index contributed by atoms with van der Waals surface area (Å²) in [5.41, 5.74) is 3.22. The average molecular weight is 421 g/mol. The van der Waals surface area contributed by atoms with Gasteiger partial charge in [-0.05, 0) is 35.4 Å². The average Bonchev–Trinajstić information content (AvgIpc) is 3.17. The Morgan fingerprint density at radius 2 is 1.87 bits per heavy atom. The number of hydrogen-bond donors (Lipinski definition) is 3. The third-order valence-corrected chi connectivity index (χ3v) is 5.26. The molecule has 0 spiro atoms. The predicted molar refractivity (Wildman–Crippen MR) is 114 cm³/mol. The van der Waals surface area contributed by atoms with E-state index in [-0.39, 0.29) is 31.3 Å². The molecule has 0 aliphatic rings. The maximum absolute atomic E-state index is 12.1. The fraction of sp³-hybridized carbons (Fsp3) is 0.190. The summed E-state index contributed by atoms with van der Waals surface area (Å²) in [4.78, 5) is 39.8. The summed E-state index contributed by atoms with van der Waals surface area (Å²) in [7, 11) is 1.59. The van der Waals surface area contributed by atoms with Crippen LogP contribution in [0.2, 0.25) is 0 Å². The van der Waals surface area contributed by atoms with Gasteiger partial charge in [-0.25, -0.2) is 4.98 Å². The lowest BCUT2D eigenvalue weighted by Crippen LogP contribution is -2.37. The lowest BCUT2D eigenvalue weighted by atomic mass is 10.0. The highest BCUT2D eigenvalue weighted by molar-refractivity contribution is 7.18. The molecule has 1 aromatic heterocycles. The first-order valence-electron chi connectivity index (χ1n) is 9.12. The largest absolute Gasteiger partial charge is 0.355 e. The maximum atomic E-state index is 12.1. The highest BCUT2D eigenvalue weighted by atomic mass is 32.1. The Bertz CT molecular complexity index is 1150. The van der Waals surface area contributed by atoms with Crippen LogP contribution in [-0.2, 0) is 16.0 Å². The van der Waals surface area contributed by atoms with E-state index in [2.05, 4.69) is 20.9 Å². The first kappa shape index (κ1) is 21.0. The van der Waals surface area contributed by atoms with Crippen molar-refractivity contribution in [1.82, 2.24) is 20.9 Å². The van der Waals surface area contributed by atoms with Crippen LogP contribution in [0.4, 0.5) is 0 Å². The number of nitriles is 1. The van der Waals surface area contributed by atoms with Crippen molar-refractivity contribution in [3.05, 3.63) is 53.0 Å². The molecule has 2 aromatic carbocycles. The van der Waals surface area contributed by atoms with Crippen LogP contribution in [0.15, 0.2) is 42.5 Å². The highest BCUT2D eigenvalue weighted by Gasteiger charge is 2.12. The van der Waals surface area contributed by atoms with Gasteiger partial charge in [-0.3, -0.25) is 14.4 Å². The molecule has 0 bridgehead atoms. The molecule has 1 heterocycles. The zero-order valence-corrected chi connectivity index (χ0v) is 17.0. The summed E-state index contributed by atoms with van der Waals surface area (Å²) >= 11 is 1.40. The van der Waals surface area contributed by atoms with Crippen LogP contribution in [0, 0.1) is 11.3 Å². The van der Waals surface area contributed by atoms with Crippen molar-refractivity contribution < 1.29 is 14.4 Å². The number of carbonyl (C=O) groups is 3. The van der Waals surface area contributed by atoms with E-state index in [9.17, 15) is 14.4 Å². The summed E-state index contributed by atoms with van der Waals surface area (Å²) in [6.07, 6.45) is 0.0619. The van der Waals surface area contributed by atoms with Gasteiger partial charge in [0.25, 0.3) is 5.91 Å². The lowest BCUT2D eigenvalue weighted by Gasteiger charge is -2.05. The quantitative estimate of drug-likeness (QED) is 0.500. The molecule has 0 aliphatic carbocycles. The molecule has 3 amide bonds. The third-order valence-electron chi connectivity index (χ3n) is 4.24. The molecule has 3 aromatic rings. The summed E-state index contributed by atoms with van der Waals surface area (Å²) < 4.78 is 0.924. The van der Waals surface area contributed by atoms with Gasteiger partial charge in [0, 0.05) is 12.6 Å². The molecule has 0 saturated carbocycles. The molecule has 3 N–H and O–H groups in total. The van der Waals surface area contributed by atoms with Crippen molar-refractivity contribution in [2.24, 2.45) is 0 Å². The Morgan fingerprint density at radius 1 is 1.07 bits per heavy atom. The van der Waals surface area contributed by atoms with Gasteiger partial charge in [-0.1, -0.05) is 18.2 Å². The monoisotopic (exact) mass is 421 g/mol. The Balaban J connectivity index is 1.70. The number of rotatable bonds is 7. The first-order chi connectivity index (χ1) is 14.5. The zero-order valence-electron chi connectivity index (χ0n) is 16.2. The second-order valence-corrected chi connectivity index (χ2v) is 7.45. The van der Waals surface area contributed by atoms with Crippen molar-refractivity contribution in [3.8, 4) is 17.2 Å². The molecule has 152 valence electrons. The molecule has 9 heteroatoms. The molecule has 0 unspecified atom stereocenters. The van der Waals surface area contributed by atoms with Crippen LogP contribution in [0.5, 0.6) is 0 Å². The number of nitrogens with one attached hydrogen (secondary N) is 3. The van der Waals surface area contributed by atoms with E-state index >= 15 is 0 Å². The smallest absolute Gasteiger partial charge is 0.251 e. The van der Waals surface area contributed by atoms with E-state index in [1.165, 1.54) is 11.3 Å². The van der Waals surface area contributed by atoms with Crippen molar-refractivity contribution in [1.29, 1.82) is 5.26 Å². The van der Waals surface area contributed by atoms with Gasteiger partial charge in [0.05, 0.1) is 29.3 Å². The SMILES string of the molecule is CNC(=O)c1cccc(-c2ccc3nc(CC(=O)NCC(=O)NCC#N)sc3c2)c1. The summed E-state index contributed by atoms with van der Waals surface area (Å²) in [6.45, 7) is -0.280. The van der Waals surface area contributed by atoms with Gasteiger partial charge in [-0.2, -0.15) is 5.26 Å². The predicted octanol–water partition coefficient (Wildman–Crippen LogP) is 1.62. The summed E-state index contributed by atoms with van der Waals surface area (Å²) in [5.74, 6) is -0.886. The Kier molecular flexibility index (Phi) is 6.72. The minimum Gasteiger partial charge on any atom is -0.355 e. The van der Waals surface area contributed by atoms with Crippen LogP contribution in [-0.4, -0.2) is 42.8 Å². The Hall–Kier alpha value is -3.77. The molecule has 0 atom stereocenters. The molecule has 30 heavy (non-hydrogen) atoms. The molecular formula is C21H19N5O3S. The molecular weight excluding hydrogens is 402 g/mol. The normalized spacial score (nSPS) is 10.3. The second kappa shape index (κ2) is 9.62. The minimum atomic E-state index is -0.419. The Morgan fingerprint density at radius 3 is 2.63 bits per heavy atom. The zero-order chi connectivity index (χ0) is 21.5. The molecule has 0 aliphatic heterocycles. The van der Waals surface area contributed by atoms with Crippen molar-refractivity contribution >= 4 is 39.3 Å². The van der Waals surface area contributed by atoms with E-state index in [0.29, 0.717) is 10.6 Å². The van der Waals surface area contributed by atoms with Crippen LogP contribution < -0.4 is 16.0 Å². The topological polar surface area (TPSA) is 124 Å². The van der Waals surface area contributed by atoms with Crippen molar-refractivity contribution in [2.45, 2.75) is 6.42 Å². The third kappa shape index (κ3) is 5.18. The number of fused-ring (bicyclic) bond motifs is 1. The van der Waals surface area contributed by atoms with E-state index < -0.39 is 5.91 Å². The van der Waals surface area contributed by atoms with E-state index in [4.69, 9.17) is 5.26 Å². The van der Waals surface area contributed by atoms with Crippen LogP contribution in [0.3, 0.4) is 0 Å². The molecule has 0 saturated heterocycles. The van der Waals surface area contributed by atoms with Crippen LogP contribution >= 0.6 is 11.3 Å². The fourth-order valence-corrected chi connectivity index (χ4v) is 3.80. The van der Waals surface area contributed by atoms with Gasteiger partial charge in [-0.15, -0.1) is 11.3 Å². The van der Waals surface area contributed by atoms with Gasteiger partial charge in [0.1, 0.15) is 11.6 Å². The number of amides is 3. The fourth-order valence-electron chi connectivity index (χ4n) is 2.79. The van der Waals surface area contributed by atoms with Gasteiger partial charge >= 0.3 is 0 Å². The number of aromatic nitrogens is 1. The summed E-state index contributed by atoms with van der Waals surface area (Å²) in [5, 5.41) is 16.5. The molecule has 0 fully saturated rings. The van der Waals surface area contributed by atoms with Gasteiger partial charge < -0.3 is 16.0 Å². The number of nitrogens with zero attached hydrogens (tertiary/aromatic N) is 2. The molecule has 8 nitrogen and oxygen atoms in total. The number of thiazole rings is 1. The van der Waals surface area contributed by atoms with E-state index in [1.54, 1.807) is 19.2 Å². The first-order valence-corrected chi connectivity index (χ1v) is 9.94. The number of hydrogen-bond acceptors (Lipinski definition) is 6. The van der Waals surface area contributed by atoms with E-state index in [0.717, 1.165) is 21.3 Å². The molecule has 3 rings (SSSR count). The van der Waals surface area contributed by atoms with Crippen LogP contribution in [0.1, 0.15) is 15.4 Å². The number of carbonyl (C=O) groups excluding carboxylic acids is 3. The van der Waals surface area contributed by atoms with E-state index in [1.807, 2.05) is 36.4 Å². The Labute approximate surface area is 176 Å². The second-order valence-electron chi connectivity index (χ2n) is 6.34. The van der Waals surface area contributed by atoms with Crippen LogP contribution in [0.25, 0.3) is 21.3 Å². The standard InChI is InChI=1S/C21H19N5O3S/c1-23-21(29)15-4-2-3-13(9-15)14-5-6-16-17(10-14)30-20(26-16)11-18(27)25-12-19(28)24-8-7-22/h2-6,9-10H,8,11-12H2,1H3,(H,23,29)(H,24,28)(H,25,27). The van der Waals surface area contributed by atoms with Crippen molar-refractivity contribution in [2.75, 3.05) is 20.1 Å². The lowest BCUT2D eigenvalue weighted by molar-refractivity contribution is -0.125. The molecule has 0 radical (unpaired) electrons. The van der Waals surface area contributed by atoms with Crippen molar-refractivity contribution in [3.63, 3.8) is 0 Å². The number of benzene rings is 2. The van der Waals surface area contributed by atoms with Gasteiger partial charge in [0.2, 0.25) is 11.8 Å².